The van der Waals surface area contributed by atoms with Crippen molar-refractivity contribution in [3.05, 3.63) is 0 Å². The van der Waals surface area contributed by atoms with Crippen molar-refractivity contribution < 1.29 is 26.6 Å². The zero-order chi connectivity index (χ0) is 18.4. The van der Waals surface area contributed by atoms with Gasteiger partial charge >= 0.3 is 25.7 Å². The molecule has 0 aromatic carbocycles. The summed E-state index contributed by atoms with van der Waals surface area (Å²) < 4.78 is 34.4. The topological polar surface area (TPSA) is 55.4 Å². The average Bonchev–Trinajstić information content (AvgIpc) is 2.53. The molecule has 0 aromatic rings. The maximum Gasteiger partial charge on any atom is 0.334 e. The van der Waals surface area contributed by atoms with Crippen molar-refractivity contribution in [1.29, 1.82) is 0 Å². The van der Waals surface area contributed by atoms with Crippen LogP contribution in [-0.4, -0.2) is 68.3 Å². The number of rotatable bonds is 12. The first-order valence-corrected chi connectivity index (χ1v) is 15.4. The molecule has 0 rings (SSSR count). The van der Waals surface area contributed by atoms with Crippen LogP contribution in [0.25, 0.3) is 0 Å². The van der Waals surface area contributed by atoms with Crippen LogP contribution in [0.1, 0.15) is 6.92 Å². The van der Waals surface area contributed by atoms with Gasteiger partial charge < -0.3 is 26.6 Å². The predicted octanol–water partition coefficient (Wildman–Crippen LogP) is 3.09. The minimum absolute atomic E-state index is 0.104. The van der Waals surface area contributed by atoms with E-state index in [9.17, 15) is 0 Å². The summed E-state index contributed by atoms with van der Waals surface area (Å²) in [5.74, 6) is 0. The molecule has 0 saturated carbocycles. The van der Waals surface area contributed by atoms with E-state index in [1.165, 1.54) is 0 Å². The Bertz CT molecular complexity index is 293. The molecule has 0 fully saturated rings. The van der Waals surface area contributed by atoms with Gasteiger partial charge in [-0.3, -0.25) is 0 Å². The van der Waals surface area contributed by atoms with Crippen molar-refractivity contribution in [2.24, 2.45) is 5.41 Å². The van der Waals surface area contributed by atoms with Gasteiger partial charge in [-0.2, -0.15) is 0 Å². The van der Waals surface area contributed by atoms with Crippen LogP contribution in [0.5, 0.6) is 0 Å². The second kappa shape index (κ2) is 9.20. The highest BCUT2D eigenvalue weighted by atomic mass is 28.4. The van der Waals surface area contributed by atoms with E-state index in [1.54, 1.807) is 42.7 Å². The molecule has 0 aliphatic rings. The van der Waals surface area contributed by atoms with Gasteiger partial charge in [-0.1, -0.05) is 6.92 Å². The smallest absolute Gasteiger partial charge is 0.334 e. The van der Waals surface area contributed by atoms with Crippen LogP contribution in [0.4, 0.5) is 0 Å². The summed E-state index contributed by atoms with van der Waals surface area (Å²) in [5, 5.41) is 0. The lowest BCUT2D eigenvalue weighted by atomic mass is 9.99. The molecule has 9 heteroatoms. The minimum Gasteiger partial charge on any atom is -0.398 e. The van der Waals surface area contributed by atoms with Crippen LogP contribution in [0.2, 0.25) is 37.8 Å². The third-order valence-corrected chi connectivity index (χ3v) is 14.5. The monoisotopic (exact) mass is 384 g/mol. The molecule has 0 saturated heterocycles. The normalized spacial score (nSPS) is 14.3. The highest BCUT2D eigenvalue weighted by Crippen LogP contribution is 2.44. The fourth-order valence-electron chi connectivity index (χ4n) is 3.20. The highest BCUT2D eigenvalue weighted by molar-refractivity contribution is 6.69. The second-order valence-electron chi connectivity index (χ2n) is 6.97. The van der Waals surface area contributed by atoms with Gasteiger partial charge in [0.15, 0.2) is 0 Å². The first-order valence-electron chi connectivity index (χ1n) is 7.80. The highest BCUT2D eigenvalue weighted by Gasteiger charge is 2.49. The quantitative estimate of drug-likeness (QED) is 0.482. The first kappa shape index (κ1) is 23.4. The SMILES string of the molecule is CO[Si](C)(CC(C)(C[Si](C)(OC)OC)C[Si](C)(OC)OC)OC. The van der Waals surface area contributed by atoms with E-state index in [0.29, 0.717) is 0 Å². The third-order valence-electron chi connectivity index (χ3n) is 4.83. The summed E-state index contributed by atoms with van der Waals surface area (Å²) in [5.41, 5.74) is -0.104. The molecule has 0 radical (unpaired) electrons. The standard InChI is InChI=1S/C14H36O6Si3/c1-14(11-21(8,15-2)16-3,12-22(9,17-4)18-5)13-23(10,19-6)20-7/h11-13H2,1-10H3. The fourth-order valence-corrected chi connectivity index (χ4v) is 10.7. The van der Waals surface area contributed by atoms with Gasteiger partial charge in [0.1, 0.15) is 0 Å². The van der Waals surface area contributed by atoms with Crippen molar-refractivity contribution in [3.8, 4) is 0 Å². The lowest BCUT2D eigenvalue weighted by Crippen LogP contribution is -2.51. The van der Waals surface area contributed by atoms with Crippen LogP contribution < -0.4 is 0 Å². The minimum atomic E-state index is -2.26. The Labute approximate surface area is 145 Å². The van der Waals surface area contributed by atoms with E-state index >= 15 is 0 Å². The fraction of sp³-hybridized carbons (Fsp3) is 1.00. The maximum absolute atomic E-state index is 5.73. The summed E-state index contributed by atoms with van der Waals surface area (Å²) in [4.78, 5) is 0. The molecule has 6 nitrogen and oxygen atoms in total. The van der Waals surface area contributed by atoms with E-state index < -0.39 is 25.7 Å². The van der Waals surface area contributed by atoms with Crippen LogP contribution in [-0.2, 0) is 26.6 Å². The third kappa shape index (κ3) is 7.04. The Hall–Kier alpha value is 0.411. The summed E-state index contributed by atoms with van der Waals surface area (Å²) >= 11 is 0. The summed E-state index contributed by atoms with van der Waals surface area (Å²) in [7, 11) is 3.57. The van der Waals surface area contributed by atoms with Gasteiger partial charge in [-0.15, -0.1) is 0 Å². The summed E-state index contributed by atoms with van der Waals surface area (Å²) in [6, 6.07) is 2.49. The van der Waals surface area contributed by atoms with E-state index in [-0.39, 0.29) is 5.41 Å². The van der Waals surface area contributed by atoms with Crippen molar-refractivity contribution in [1.82, 2.24) is 0 Å². The Morgan fingerprint density at radius 2 is 0.696 bits per heavy atom. The molecule has 0 unspecified atom stereocenters. The van der Waals surface area contributed by atoms with Crippen LogP contribution in [0.15, 0.2) is 0 Å². The molecule has 0 atom stereocenters. The molecule has 140 valence electrons. The van der Waals surface area contributed by atoms with Crippen LogP contribution in [0, 0.1) is 5.41 Å². The Kier molecular flexibility index (Phi) is 9.37. The lowest BCUT2D eigenvalue weighted by molar-refractivity contribution is 0.194. The van der Waals surface area contributed by atoms with Crippen LogP contribution >= 0.6 is 0 Å². The molecule has 0 bridgehead atoms. The largest absolute Gasteiger partial charge is 0.398 e. The maximum atomic E-state index is 5.73. The van der Waals surface area contributed by atoms with Crippen molar-refractivity contribution in [2.75, 3.05) is 42.7 Å². The summed E-state index contributed by atoms with van der Waals surface area (Å²) in [6.07, 6.45) is 0. The van der Waals surface area contributed by atoms with Gasteiger partial charge in [0, 0.05) is 42.7 Å². The molecule has 0 spiro atoms. The molecule has 0 aliphatic carbocycles. The van der Waals surface area contributed by atoms with Gasteiger partial charge in [-0.25, -0.2) is 0 Å². The molecule has 23 heavy (non-hydrogen) atoms. The number of hydrogen-bond acceptors (Lipinski definition) is 6. The second-order valence-corrected chi connectivity index (χ2v) is 17.3. The zero-order valence-electron chi connectivity index (χ0n) is 16.6. The van der Waals surface area contributed by atoms with Crippen molar-refractivity contribution >= 4 is 25.7 Å². The first-order chi connectivity index (χ1) is 10.5. The molecular weight excluding hydrogens is 348 g/mol. The van der Waals surface area contributed by atoms with Crippen LogP contribution in [0.3, 0.4) is 0 Å². The molecule has 0 aliphatic heterocycles. The van der Waals surface area contributed by atoms with E-state index in [0.717, 1.165) is 18.1 Å². The molecule has 0 N–H and O–H groups in total. The molecule has 0 aromatic heterocycles. The van der Waals surface area contributed by atoms with Crippen molar-refractivity contribution in [3.63, 3.8) is 0 Å². The molecule has 0 heterocycles. The van der Waals surface area contributed by atoms with Crippen molar-refractivity contribution in [2.45, 2.75) is 44.7 Å². The molecular formula is C14H36O6Si3. The van der Waals surface area contributed by atoms with Gasteiger partial charge in [-0.05, 0) is 43.2 Å². The predicted molar refractivity (Wildman–Crippen MR) is 99.4 cm³/mol. The van der Waals surface area contributed by atoms with Gasteiger partial charge in [0.2, 0.25) is 0 Å². The zero-order valence-corrected chi connectivity index (χ0v) is 19.6. The lowest BCUT2D eigenvalue weighted by Gasteiger charge is -2.42. The Balaban J connectivity index is 5.59. The number of hydrogen-bond donors (Lipinski definition) is 0. The Morgan fingerprint density at radius 3 is 0.826 bits per heavy atom. The Morgan fingerprint density at radius 1 is 0.522 bits per heavy atom. The van der Waals surface area contributed by atoms with E-state index in [1.807, 2.05) is 0 Å². The summed E-state index contributed by atoms with van der Waals surface area (Å²) in [6.45, 7) is 8.50. The van der Waals surface area contributed by atoms with E-state index in [2.05, 4.69) is 26.6 Å². The average molecular weight is 385 g/mol. The van der Waals surface area contributed by atoms with E-state index in [4.69, 9.17) is 26.6 Å². The van der Waals surface area contributed by atoms with Gasteiger partial charge in [0.25, 0.3) is 0 Å². The molecule has 0 amide bonds. The van der Waals surface area contributed by atoms with Gasteiger partial charge in [0.05, 0.1) is 0 Å².